The van der Waals surface area contributed by atoms with Crippen molar-refractivity contribution in [3.8, 4) is 95.4 Å². The molecule has 10 bridgehead atoms. The summed E-state index contributed by atoms with van der Waals surface area (Å²) in [5.74, 6) is -0.384. The Morgan fingerprint density at radius 2 is 1.11 bits per heavy atom. The van der Waals surface area contributed by atoms with Crippen LogP contribution in [0.15, 0.2) is 188 Å². The average Bonchev–Trinajstić information content (AvgIpc) is 3.96. The molecule has 0 amide bonds. The van der Waals surface area contributed by atoms with Crippen LogP contribution in [0.25, 0.3) is 112 Å². The summed E-state index contributed by atoms with van der Waals surface area (Å²) in [5, 5.41) is 11.5. The van der Waals surface area contributed by atoms with Gasteiger partial charge in [-0.25, -0.2) is 9.97 Å². The van der Waals surface area contributed by atoms with Gasteiger partial charge in [0, 0.05) is 38.6 Å². The van der Waals surface area contributed by atoms with E-state index in [4.69, 9.17) is 9.97 Å². The first-order valence-corrected chi connectivity index (χ1v) is 22.7. The average molecular weight is 1100 g/mol. The number of fused-ring (bicyclic) bond motifs is 15. The second-order valence-corrected chi connectivity index (χ2v) is 18.5. The summed E-state index contributed by atoms with van der Waals surface area (Å²) >= 11 is 0. The second-order valence-electron chi connectivity index (χ2n) is 18.5. The first-order valence-electron chi connectivity index (χ1n) is 22.7. The first kappa shape index (κ1) is 44.6. The van der Waals surface area contributed by atoms with Crippen LogP contribution in [0.2, 0.25) is 0 Å². The van der Waals surface area contributed by atoms with Crippen LogP contribution >= 0.6 is 0 Å². The minimum absolute atomic E-state index is 0. The number of alkyl halides is 3. The van der Waals surface area contributed by atoms with Crippen LogP contribution in [0.4, 0.5) is 13.2 Å². The maximum atomic E-state index is 15.0. The van der Waals surface area contributed by atoms with Crippen LogP contribution in [0.1, 0.15) is 32.2 Å². The van der Waals surface area contributed by atoms with E-state index in [0.29, 0.717) is 39.4 Å². The van der Waals surface area contributed by atoms with Crippen molar-refractivity contribution in [3.05, 3.63) is 206 Å². The Morgan fingerprint density at radius 3 is 1.81 bits per heavy atom. The van der Waals surface area contributed by atoms with Gasteiger partial charge in [-0.1, -0.05) is 147 Å². The Bertz CT molecular complexity index is 3850. The zero-order valence-electron chi connectivity index (χ0n) is 38.0. The minimum atomic E-state index is -4.76. The van der Waals surface area contributed by atoms with Gasteiger partial charge in [-0.2, -0.15) is 13.2 Å². The molecule has 1 aliphatic rings. The Morgan fingerprint density at radius 1 is 0.514 bits per heavy atom. The fourth-order valence-electron chi connectivity index (χ4n) is 9.73. The minimum Gasteiger partial charge on any atom is -0.507 e. The quantitative estimate of drug-likeness (QED) is 0.178. The number of pyridine rings is 1. The molecule has 0 saturated carbocycles. The molecule has 1 aliphatic heterocycles. The van der Waals surface area contributed by atoms with Crippen molar-refractivity contribution in [2.45, 2.75) is 32.4 Å². The van der Waals surface area contributed by atoms with Gasteiger partial charge < -0.3 is 5.11 Å². The van der Waals surface area contributed by atoms with Crippen molar-refractivity contribution >= 4 is 22.1 Å². The third kappa shape index (κ3) is 7.71. The Balaban J connectivity index is 0.00000533. The Kier molecular flexibility index (Phi) is 10.8. The normalized spacial score (nSPS) is 12.1. The third-order valence-corrected chi connectivity index (χ3v) is 13.0. The number of aromatic nitrogens is 5. The van der Waals surface area contributed by atoms with Gasteiger partial charge in [0.15, 0.2) is 0 Å². The van der Waals surface area contributed by atoms with Crippen molar-refractivity contribution in [3.63, 3.8) is 0 Å². The molecule has 344 valence electrons. The maximum absolute atomic E-state index is 15.0. The van der Waals surface area contributed by atoms with E-state index < -0.39 is 12.0 Å². The standard InChI is InChI=1S/C60H41F3N5O.Pt/c1-59(2,3)49-33-42(36-13-5-4-6-14-36)25-26-52(49)68-53-23-12-22-47(56(53)66-57(68)48-21-7-8-24-55(48)69)44-29-43-30-45(31-44)50-34-54-51(35-64-50)65-58(60(61,62)63)67(54)46-20-11-19-41(32-46)39-17-9-15-37(27-39)38-16-10-18-40(43)28-38;/h4-30,32-35,69H,1-3H3;/q-1;. The number of imidazole rings is 2. The number of rotatable bonds is 4. The molecule has 0 atom stereocenters. The van der Waals surface area contributed by atoms with Crippen molar-refractivity contribution < 1.29 is 39.3 Å². The van der Waals surface area contributed by atoms with E-state index in [9.17, 15) is 18.3 Å². The zero-order chi connectivity index (χ0) is 47.2. The smallest absolute Gasteiger partial charge is 0.450 e. The van der Waals surface area contributed by atoms with Crippen LogP contribution in [0.3, 0.4) is 0 Å². The fourth-order valence-corrected chi connectivity index (χ4v) is 9.73. The molecule has 0 radical (unpaired) electrons. The van der Waals surface area contributed by atoms with Gasteiger partial charge in [0.2, 0.25) is 5.82 Å². The first-order chi connectivity index (χ1) is 33.4. The van der Waals surface area contributed by atoms with E-state index in [1.165, 1.54) is 10.8 Å². The monoisotopic (exact) mass is 1100 g/mol. The molecule has 0 aliphatic carbocycles. The number of nitrogens with zero attached hydrogens (tertiary/aromatic N) is 5. The molecule has 11 aromatic rings. The molecular formula is C60H41F3N5OPt-. The predicted molar refractivity (Wildman–Crippen MR) is 269 cm³/mol. The zero-order valence-corrected chi connectivity index (χ0v) is 40.3. The molecule has 10 heteroatoms. The van der Waals surface area contributed by atoms with Gasteiger partial charge in [0.05, 0.1) is 27.8 Å². The summed E-state index contributed by atoms with van der Waals surface area (Å²) in [4.78, 5) is 14.3. The summed E-state index contributed by atoms with van der Waals surface area (Å²) in [6, 6.07) is 63.0. The molecule has 0 spiro atoms. The molecule has 4 heterocycles. The molecule has 3 aromatic heterocycles. The molecule has 8 aromatic carbocycles. The molecule has 0 saturated heterocycles. The number of para-hydroxylation sites is 2. The summed E-state index contributed by atoms with van der Waals surface area (Å²) < 4.78 is 48.2. The summed E-state index contributed by atoms with van der Waals surface area (Å²) in [7, 11) is 0. The summed E-state index contributed by atoms with van der Waals surface area (Å²) in [6.07, 6.45) is -3.35. The van der Waals surface area contributed by atoms with E-state index in [1.54, 1.807) is 36.4 Å². The van der Waals surface area contributed by atoms with Crippen molar-refractivity contribution in [2.75, 3.05) is 0 Å². The summed E-state index contributed by atoms with van der Waals surface area (Å²) in [5.41, 5.74) is 14.5. The predicted octanol–water partition coefficient (Wildman–Crippen LogP) is 15.6. The number of phenolic OH excluding ortho intramolecular Hbond substituents is 1. The van der Waals surface area contributed by atoms with E-state index >= 15 is 0 Å². The molecule has 6 nitrogen and oxygen atoms in total. The molecule has 70 heavy (non-hydrogen) atoms. The number of hydrogen-bond acceptors (Lipinski definition) is 4. The molecule has 1 N–H and O–H groups in total. The Hall–Kier alpha value is -7.87. The number of hydrogen-bond donors (Lipinski definition) is 1. The Labute approximate surface area is 416 Å². The molecule has 0 unspecified atom stereocenters. The largest absolute Gasteiger partial charge is 0.507 e. The number of aromatic hydroxyl groups is 1. The van der Waals surface area contributed by atoms with Crippen LogP contribution in [0, 0.1) is 6.07 Å². The van der Waals surface area contributed by atoms with Crippen LogP contribution in [0.5, 0.6) is 5.75 Å². The van der Waals surface area contributed by atoms with Crippen LogP contribution in [-0.4, -0.2) is 29.2 Å². The van der Waals surface area contributed by atoms with Gasteiger partial charge in [-0.15, -0.1) is 23.8 Å². The maximum Gasteiger partial charge on any atom is 0.450 e. The van der Waals surface area contributed by atoms with E-state index in [-0.39, 0.29) is 43.3 Å². The van der Waals surface area contributed by atoms with Gasteiger partial charge in [-0.3, -0.25) is 14.1 Å². The van der Waals surface area contributed by atoms with E-state index in [0.717, 1.165) is 66.8 Å². The molecule has 0 fully saturated rings. The van der Waals surface area contributed by atoms with Crippen LogP contribution < -0.4 is 0 Å². The third-order valence-electron chi connectivity index (χ3n) is 13.0. The second kappa shape index (κ2) is 17.0. The SMILES string of the molecule is CC(C)(C)c1cc(-c2ccccc2)ccc1-n1c(-c2ccccc2O)nc2c(-c3[c-]c4cc(c3)-c3cccc(c3)-c3cccc(c3)-c3cccc(c3)-n3c(C(F)(F)F)nc5cnc-4cc53)cccc21.[Pt]. The molecule has 12 rings (SSSR count). The summed E-state index contributed by atoms with van der Waals surface area (Å²) in [6.45, 7) is 6.60. The van der Waals surface area contributed by atoms with Crippen LogP contribution in [-0.2, 0) is 32.7 Å². The number of phenols is 1. The topological polar surface area (TPSA) is 68.8 Å². The number of halogens is 3. The van der Waals surface area contributed by atoms with Crippen molar-refractivity contribution in [1.29, 1.82) is 0 Å². The van der Waals surface area contributed by atoms with E-state index in [2.05, 4.69) is 97.1 Å². The van der Waals surface area contributed by atoms with Gasteiger partial charge in [0.1, 0.15) is 17.1 Å². The van der Waals surface area contributed by atoms with Crippen molar-refractivity contribution in [2.24, 2.45) is 0 Å². The fraction of sp³-hybridized carbons (Fsp3) is 0.0833. The van der Waals surface area contributed by atoms with Gasteiger partial charge in [0.25, 0.3) is 0 Å². The number of benzene rings is 8. The van der Waals surface area contributed by atoms with E-state index in [1.807, 2.05) is 84.9 Å². The molecular weight excluding hydrogens is 1060 g/mol. The van der Waals surface area contributed by atoms with Crippen molar-refractivity contribution in [1.82, 2.24) is 24.1 Å². The van der Waals surface area contributed by atoms with Gasteiger partial charge in [-0.05, 0) is 111 Å². The van der Waals surface area contributed by atoms with Gasteiger partial charge >= 0.3 is 6.18 Å².